The van der Waals surface area contributed by atoms with Crippen LogP contribution in [0.2, 0.25) is 5.02 Å². The Morgan fingerprint density at radius 2 is 1.92 bits per heavy atom. The average molecular weight is 370 g/mol. The van der Waals surface area contributed by atoms with Crippen molar-refractivity contribution in [3.63, 3.8) is 0 Å². The van der Waals surface area contributed by atoms with E-state index in [2.05, 4.69) is 19.2 Å². The van der Waals surface area contributed by atoms with Crippen LogP contribution in [0.4, 0.5) is 11.4 Å². The van der Waals surface area contributed by atoms with E-state index in [1.165, 1.54) is 18.2 Å². The van der Waals surface area contributed by atoms with E-state index >= 15 is 0 Å². The molecule has 0 aliphatic heterocycles. The molecule has 0 spiro atoms. The van der Waals surface area contributed by atoms with Crippen LogP contribution in [-0.2, 0) is 4.79 Å². The number of nitro benzene ring substituents is 1. The molecule has 0 radical (unpaired) electrons. The van der Waals surface area contributed by atoms with Crippen molar-refractivity contribution in [2.45, 2.75) is 19.8 Å². The first-order valence-electron chi connectivity index (χ1n) is 7.79. The Balaban J connectivity index is 2.22. The monoisotopic (exact) mass is 369 g/mol. The summed E-state index contributed by atoms with van der Waals surface area (Å²) < 4.78 is 0. The molecule has 26 heavy (non-hydrogen) atoms. The van der Waals surface area contributed by atoms with Gasteiger partial charge in [0.15, 0.2) is 0 Å². The lowest BCUT2D eigenvalue weighted by atomic mass is 10.0. The first-order valence-corrected chi connectivity index (χ1v) is 8.16. The topological polar surface area (TPSA) is 96.0 Å². The molecular formula is C19H16ClN3O3. The number of hydrogen-bond acceptors (Lipinski definition) is 4. The Hall–Kier alpha value is -3.17. The van der Waals surface area contributed by atoms with Gasteiger partial charge in [0, 0.05) is 11.8 Å². The Labute approximate surface area is 155 Å². The Kier molecular flexibility index (Phi) is 6.10. The van der Waals surface area contributed by atoms with Gasteiger partial charge in [-0.3, -0.25) is 14.9 Å². The Morgan fingerprint density at radius 1 is 1.27 bits per heavy atom. The van der Waals surface area contributed by atoms with Gasteiger partial charge in [0.1, 0.15) is 16.7 Å². The van der Waals surface area contributed by atoms with Gasteiger partial charge in [-0.2, -0.15) is 5.26 Å². The van der Waals surface area contributed by atoms with Gasteiger partial charge in [-0.15, -0.1) is 0 Å². The molecule has 7 heteroatoms. The van der Waals surface area contributed by atoms with E-state index in [0.717, 1.165) is 11.6 Å². The third-order valence-electron chi connectivity index (χ3n) is 3.68. The molecule has 2 rings (SSSR count). The third kappa shape index (κ3) is 4.68. The molecule has 1 amide bonds. The van der Waals surface area contributed by atoms with Crippen molar-refractivity contribution in [3.05, 3.63) is 74.3 Å². The Bertz CT molecular complexity index is 913. The predicted octanol–water partition coefficient (Wildman–Crippen LogP) is 4.92. The first-order chi connectivity index (χ1) is 12.3. The molecular weight excluding hydrogens is 354 g/mol. The lowest BCUT2D eigenvalue weighted by molar-refractivity contribution is -0.384. The van der Waals surface area contributed by atoms with Crippen LogP contribution >= 0.6 is 11.6 Å². The summed E-state index contributed by atoms with van der Waals surface area (Å²) in [6, 6.07) is 13.3. The van der Waals surface area contributed by atoms with Crippen LogP contribution in [0.1, 0.15) is 30.9 Å². The van der Waals surface area contributed by atoms with Gasteiger partial charge < -0.3 is 5.32 Å². The summed E-state index contributed by atoms with van der Waals surface area (Å²) in [4.78, 5) is 22.6. The van der Waals surface area contributed by atoms with E-state index in [9.17, 15) is 20.2 Å². The number of carbonyl (C=O) groups is 1. The molecule has 2 aromatic carbocycles. The van der Waals surface area contributed by atoms with E-state index in [1.54, 1.807) is 0 Å². The minimum absolute atomic E-state index is 0.0331. The van der Waals surface area contributed by atoms with Crippen LogP contribution in [0.5, 0.6) is 0 Å². The van der Waals surface area contributed by atoms with Crippen LogP contribution in [0, 0.1) is 21.4 Å². The molecule has 0 atom stereocenters. The van der Waals surface area contributed by atoms with Gasteiger partial charge in [0.25, 0.3) is 11.6 Å². The minimum atomic E-state index is -0.656. The lowest BCUT2D eigenvalue weighted by Crippen LogP contribution is -2.13. The summed E-state index contributed by atoms with van der Waals surface area (Å²) in [6.07, 6.45) is 1.46. The quantitative estimate of drug-likeness (QED) is 0.350. The molecule has 6 nitrogen and oxygen atoms in total. The molecule has 1 N–H and O–H groups in total. The maximum Gasteiger partial charge on any atom is 0.289 e. The molecule has 2 aromatic rings. The fourth-order valence-corrected chi connectivity index (χ4v) is 2.41. The molecule has 0 unspecified atom stereocenters. The van der Waals surface area contributed by atoms with E-state index in [1.807, 2.05) is 30.3 Å². The summed E-state index contributed by atoms with van der Waals surface area (Å²) in [7, 11) is 0. The van der Waals surface area contributed by atoms with Gasteiger partial charge in [-0.05, 0) is 35.3 Å². The summed E-state index contributed by atoms with van der Waals surface area (Å²) in [5.41, 5.74) is 1.61. The highest BCUT2D eigenvalue weighted by atomic mass is 35.5. The number of nitriles is 1. The average Bonchev–Trinajstić information content (AvgIpc) is 2.61. The minimum Gasteiger partial charge on any atom is -0.321 e. The highest BCUT2D eigenvalue weighted by Gasteiger charge is 2.15. The second-order valence-electron chi connectivity index (χ2n) is 5.87. The molecule has 0 saturated heterocycles. The van der Waals surface area contributed by atoms with Gasteiger partial charge >= 0.3 is 0 Å². The molecule has 0 aromatic heterocycles. The fraction of sp³-hybridized carbons (Fsp3) is 0.158. The van der Waals surface area contributed by atoms with Crippen LogP contribution < -0.4 is 5.32 Å². The van der Waals surface area contributed by atoms with E-state index in [0.29, 0.717) is 11.5 Å². The number of benzene rings is 2. The van der Waals surface area contributed by atoms with Gasteiger partial charge in [-0.25, -0.2) is 0 Å². The molecule has 0 saturated carbocycles. The second kappa shape index (κ2) is 8.28. The molecule has 0 fully saturated rings. The molecule has 0 aliphatic carbocycles. The number of rotatable bonds is 5. The van der Waals surface area contributed by atoms with Crippen molar-refractivity contribution in [1.29, 1.82) is 5.26 Å². The van der Waals surface area contributed by atoms with E-state index in [4.69, 9.17) is 11.6 Å². The number of carbonyl (C=O) groups excluding carboxylic acids is 1. The largest absolute Gasteiger partial charge is 0.321 e. The second-order valence-corrected chi connectivity index (χ2v) is 6.28. The van der Waals surface area contributed by atoms with Crippen molar-refractivity contribution in [1.82, 2.24) is 0 Å². The maximum atomic E-state index is 12.3. The zero-order chi connectivity index (χ0) is 19.3. The predicted molar refractivity (Wildman–Crippen MR) is 101 cm³/mol. The maximum absolute atomic E-state index is 12.3. The number of halogens is 1. The summed E-state index contributed by atoms with van der Waals surface area (Å²) in [5.74, 6) is -0.274. The standard InChI is InChI=1S/C19H16ClN3O3/c1-12(2)14-5-3-13(4-6-14)9-15(11-21)19(24)22-16-7-8-17(20)18(10-16)23(25)26/h3-10,12H,1-2H3,(H,22,24). The van der Waals surface area contributed by atoms with Crippen molar-refractivity contribution >= 4 is 35.0 Å². The number of hydrogen-bond donors (Lipinski definition) is 1. The van der Waals surface area contributed by atoms with Crippen molar-refractivity contribution in [2.75, 3.05) is 5.32 Å². The lowest BCUT2D eigenvalue weighted by Gasteiger charge is -2.06. The fourth-order valence-electron chi connectivity index (χ4n) is 2.22. The zero-order valence-corrected chi connectivity index (χ0v) is 14.9. The van der Waals surface area contributed by atoms with Crippen molar-refractivity contribution in [3.8, 4) is 6.07 Å². The van der Waals surface area contributed by atoms with Crippen LogP contribution in [0.3, 0.4) is 0 Å². The van der Waals surface area contributed by atoms with E-state index < -0.39 is 10.8 Å². The van der Waals surface area contributed by atoms with Crippen molar-refractivity contribution in [2.24, 2.45) is 0 Å². The first kappa shape index (κ1) is 19.2. The van der Waals surface area contributed by atoms with Gasteiger partial charge in [0.2, 0.25) is 0 Å². The van der Waals surface area contributed by atoms with Gasteiger partial charge in [0.05, 0.1) is 4.92 Å². The smallest absolute Gasteiger partial charge is 0.289 e. The number of nitrogens with one attached hydrogen (secondary N) is 1. The normalized spacial score (nSPS) is 11.1. The molecule has 0 bridgehead atoms. The van der Waals surface area contributed by atoms with Crippen LogP contribution in [-0.4, -0.2) is 10.8 Å². The number of anilines is 1. The molecule has 0 aliphatic rings. The highest BCUT2D eigenvalue weighted by molar-refractivity contribution is 6.32. The van der Waals surface area contributed by atoms with Crippen molar-refractivity contribution < 1.29 is 9.72 Å². The number of nitro groups is 1. The summed E-state index contributed by atoms with van der Waals surface area (Å²) in [5, 5.41) is 22.6. The van der Waals surface area contributed by atoms with Gasteiger partial charge in [-0.1, -0.05) is 49.7 Å². The number of amides is 1. The zero-order valence-electron chi connectivity index (χ0n) is 14.2. The Morgan fingerprint density at radius 3 is 2.46 bits per heavy atom. The number of nitrogens with zero attached hydrogens (tertiary/aromatic N) is 2. The molecule has 0 heterocycles. The van der Waals surface area contributed by atoms with Crippen LogP contribution in [0.15, 0.2) is 48.0 Å². The van der Waals surface area contributed by atoms with Crippen LogP contribution in [0.25, 0.3) is 6.08 Å². The summed E-state index contributed by atoms with van der Waals surface area (Å²) >= 11 is 5.74. The SMILES string of the molecule is CC(C)c1ccc(C=C(C#N)C(=O)Nc2ccc(Cl)c([N+](=O)[O-])c2)cc1. The molecule has 132 valence electrons. The van der Waals surface area contributed by atoms with E-state index in [-0.39, 0.29) is 22.0 Å². The third-order valence-corrected chi connectivity index (χ3v) is 4.00. The summed E-state index contributed by atoms with van der Waals surface area (Å²) in [6.45, 7) is 4.15. The highest BCUT2D eigenvalue weighted by Crippen LogP contribution is 2.27.